The second kappa shape index (κ2) is 6.59. The van der Waals surface area contributed by atoms with Crippen molar-refractivity contribution in [1.29, 1.82) is 0 Å². The number of anilines is 2. The summed E-state index contributed by atoms with van der Waals surface area (Å²) in [6.45, 7) is -0.422. The molecule has 7 nitrogen and oxygen atoms in total. The van der Waals surface area contributed by atoms with Crippen molar-refractivity contribution in [1.82, 2.24) is 29.5 Å². The summed E-state index contributed by atoms with van der Waals surface area (Å²) in [5.74, 6) is -0.743. The van der Waals surface area contributed by atoms with Crippen LogP contribution in [-0.4, -0.2) is 29.5 Å². The largest absolute Gasteiger partial charge is 0.416 e. The maximum atomic E-state index is 14.1. The van der Waals surface area contributed by atoms with Gasteiger partial charge < -0.3 is 5.32 Å². The minimum atomic E-state index is -4.68. The highest BCUT2D eigenvalue weighted by molar-refractivity contribution is 5.75. The summed E-state index contributed by atoms with van der Waals surface area (Å²) in [6.07, 6.45) is 1.50. The predicted molar refractivity (Wildman–Crippen MR) is 92.3 cm³/mol. The van der Waals surface area contributed by atoms with Crippen molar-refractivity contribution in [2.45, 2.75) is 12.7 Å². The van der Waals surface area contributed by atoms with Gasteiger partial charge in [-0.25, -0.2) is 14.1 Å². The van der Waals surface area contributed by atoms with E-state index in [-0.39, 0.29) is 11.6 Å². The van der Waals surface area contributed by atoms with E-state index in [2.05, 4.69) is 25.5 Å². The number of nitrogens with one attached hydrogen (secondary N) is 1. The first-order chi connectivity index (χ1) is 13.3. The maximum Gasteiger partial charge on any atom is 0.416 e. The second-order valence-electron chi connectivity index (χ2n) is 6.07. The van der Waals surface area contributed by atoms with Crippen LogP contribution in [0.3, 0.4) is 0 Å². The maximum absolute atomic E-state index is 14.1. The van der Waals surface area contributed by atoms with Crippen LogP contribution in [0.2, 0.25) is 0 Å². The van der Waals surface area contributed by atoms with Crippen molar-refractivity contribution in [2.75, 3.05) is 5.32 Å². The lowest BCUT2D eigenvalue weighted by Crippen LogP contribution is -2.14. The van der Waals surface area contributed by atoms with Crippen LogP contribution >= 0.6 is 0 Å². The summed E-state index contributed by atoms with van der Waals surface area (Å²) in [6, 6.07) is 2.86. The smallest absolute Gasteiger partial charge is 0.321 e. The van der Waals surface area contributed by atoms with Gasteiger partial charge in [0.1, 0.15) is 5.82 Å². The molecule has 0 saturated carbocycles. The molecule has 0 amide bonds. The molecule has 0 bridgehead atoms. The van der Waals surface area contributed by atoms with E-state index < -0.39 is 29.7 Å². The summed E-state index contributed by atoms with van der Waals surface area (Å²) in [5.41, 5.74) is -0.626. The SMILES string of the molecule is Cn1cc(Nc2ncc3cnn(Cc4c(F)cccc4C(F)(F)F)c3n2)cn1. The van der Waals surface area contributed by atoms with Crippen molar-refractivity contribution in [3.05, 3.63) is 59.9 Å². The summed E-state index contributed by atoms with van der Waals surface area (Å²) >= 11 is 0. The molecule has 1 aromatic carbocycles. The molecule has 0 aliphatic heterocycles. The Morgan fingerprint density at radius 1 is 1.11 bits per heavy atom. The summed E-state index contributed by atoms with van der Waals surface area (Å²) in [5, 5.41) is 11.5. The fourth-order valence-electron chi connectivity index (χ4n) is 2.79. The Hall–Kier alpha value is -3.50. The third kappa shape index (κ3) is 3.38. The average Bonchev–Trinajstić information content (AvgIpc) is 3.22. The van der Waals surface area contributed by atoms with E-state index in [1.807, 2.05) is 0 Å². The number of fused-ring (bicyclic) bond motifs is 1. The first kappa shape index (κ1) is 17.9. The molecule has 0 radical (unpaired) electrons. The van der Waals surface area contributed by atoms with Gasteiger partial charge in [-0.1, -0.05) is 6.07 Å². The number of nitrogens with zero attached hydrogens (tertiary/aromatic N) is 6. The lowest BCUT2D eigenvalue weighted by atomic mass is 10.1. The van der Waals surface area contributed by atoms with Crippen molar-refractivity contribution in [2.24, 2.45) is 7.05 Å². The topological polar surface area (TPSA) is 73.5 Å². The molecule has 144 valence electrons. The van der Waals surface area contributed by atoms with Gasteiger partial charge in [0.25, 0.3) is 0 Å². The highest BCUT2D eigenvalue weighted by Gasteiger charge is 2.34. The van der Waals surface area contributed by atoms with E-state index in [1.165, 1.54) is 17.1 Å². The summed E-state index contributed by atoms with van der Waals surface area (Å²) in [7, 11) is 1.75. The van der Waals surface area contributed by atoms with Crippen LogP contribution in [0.15, 0.2) is 43.0 Å². The zero-order valence-electron chi connectivity index (χ0n) is 14.4. The Kier molecular flexibility index (Phi) is 4.21. The van der Waals surface area contributed by atoms with Gasteiger partial charge in [0, 0.05) is 25.0 Å². The van der Waals surface area contributed by atoms with E-state index in [9.17, 15) is 17.6 Å². The van der Waals surface area contributed by atoms with Crippen molar-refractivity contribution in [3.8, 4) is 0 Å². The zero-order valence-corrected chi connectivity index (χ0v) is 14.4. The Labute approximate surface area is 155 Å². The normalized spacial score (nSPS) is 11.9. The average molecular weight is 391 g/mol. The quantitative estimate of drug-likeness (QED) is 0.539. The standard InChI is InChI=1S/C17H13F4N7/c1-27-8-11(7-23-27)25-16-22-5-10-6-24-28(15(10)26-16)9-12-13(17(19,20)21)3-2-4-14(12)18/h2-8H,9H2,1H3,(H,22,25,26). The number of aryl methyl sites for hydroxylation is 1. The van der Waals surface area contributed by atoms with E-state index in [1.54, 1.807) is 24.1 Å². The minimum Gasteiger partial charge on any atom is -0.321 e. The van der Waals surface area contributed by atoms with Crippen molar-refractivity contribution in [3.63, 3.8) is 0 Å². The van der Waals surface area contributed by atoms with Gasteiger partial charge in [0.2, 0.25) is 5.95 Å². The van der Waals surface area contributed by atoms with Gasteiger partial charge in [0.15, 0.2) is 5.65 Å². The van der Waals surface area contributed by atoms with Crippen LogP contribution in [0.1, 0.15) is 11.1 Å². The number of hydrogen-bond donors (Lipinski definition) is 1. The van der Waals surface area contributed by atoms with Crippen LogP contribution in [0.5, 0.6) is 0 Å². The van der Waals surface area contributed by atoms with Gasteiger partial charge in [0.05, 0.1) is 35.6 Å². The van der Waals surface area contributed by atoms with Crippen LogP contribution in [0, 0.1) is 5.82 Å². The van der Waals surface area contributed by atoms with Gasteiger partial charge in [-0.15, -0.1) is 0 Å². The lowest BCUT2D eigenvalue weighted by molar-refractivity contribution is -0.138. The van der Waals surface area contributed by atoms with Crippen LogP contribution in [0.25, 0.3) is 11.0 Å². The number of halogens is 4. The van der Waals surface area contributed by atoms with Gasteiger partial charge >= 0.3 is 6.18 Å². The van der Waals surface area contributed by atoms with Crippen molar-refractivity contribution >= 4 is 22.7 Å². The Morgan fingerprint density at radius 3 is 2.64 bits per heavy atom. The Balaban J connectivity index is 1.71. The lowest BCUT2D eigenvalue weighted by Gasteiger charge is -2.14. The Bertz CT molecular complexity index is 1150. The summed E-state index contributed by atoms with van der Waals surface area (Å²) < 4.78 is 56.7. The number of aromatic nitrogens is 6. The molecule has 11 heteroatoms. The van der Waals surface area contributed by atoms with Crippen molar-refractivity contribution < 1.29 is 17.6 Å². The van der Waals surface area contributed by atoms with E-state index in [0.717, 1.165) is 18.2 Å². The molecule has 0 spiro atoms. The molecular formula is C17H13F4N7. The molecule has 3 heterocycles. The second-order valence-corrected chi connectivity index (χ2v) is 6.07. The van der Waals surface area contributed by atoms with Gasteiger partial charge in [-0.05, 0) is 12.1 Å². The molecule has 0 fully saturated rings. The van der Waals surface area contributed by atoms with Crippen LogP contribution in [-0.2, 0) is 19.8 Å². The first-order valence-corrected chi connectivity index (χ1v) is 8.10. The van der Waals surface area contributed by atoms with Crippen LogP contribution < -0.4 is 5.32 Å². The fraction of sp³-hybridized carbons (Fsp3) is 0.176. The predicted octanol–water partition coefficient (Wildman–Crippen LogP) is 3.51. The first-order valence-electron chi connectivity index (χ1n) is 8.10. The minimum absolute atomic E-state index is 0.215. The number of benzene rings is 1. The highest BCUT2D eigenvalue weighted by Crippen LogP contribution is 2.33. The molecule has 28 heavy (non-hydrogen) atoms. The monoisotopic (exact) mass is 391 g/mol. The van der Waals surface area contributed by atoms with Crippen LogP contribution in [0.4, 0.5) is 29.2 Å². The van der Waals surface area contributed by atoms with E-state index in [0.29, 0.717) is 11.1 Å². The number of rotatable bonds is 4. The zero-order chi connectivity index (χ0) is 19.9. The third-order valence-electron chi connectivity index (χ3n) is 4.07. The molecule has 4 rings (SSSR count). The molecule has 0 unspecified atom stereocenters. The number of hydrogen-bond acceptors (Lipinski definition) is 5. The van der Waals surface area contributed by atoms with Gasteiger partial charge in [-0.2, -0.15) is 28.4 Å². The molecule has 0 atom stereocenters. The third-order valence-corrected chi connectivity index (χ3v) is 4.07. The molecule has 1 N–H and O–H groups in total. The molecule has 0 saturated heterocycles. The van der Waals surface area contributed by atoms with Gasteiger partial charge in [-0.3, -0.25) is 4.68 Å². The van der Waals surface area contributed by atoms with E-state index >= 15 is 0 Å². The molecule has 0 aliphatic carbocycles. The fourth-order valence-corrected chi connectivity index (χ4v) is 2.79. The highest BCUT2D eigenvalue weighted by atomic mass is 19.4. The number of alkyl halides is 3. The molecular weight excluding hydrogens is 378 g/mol. The summed E-state index contributed by atoms with van der Waals surface area (Å²) in [4.78, 5) is 8.43. The molecule has 3 aromatic heterocycles. The van der Waals surface area contributed by atoms with E-state index in [4.69, 9.17) is 0 Å². The molecule has 4 aromatic rings. The molecule has 0 aliphatic rings. The Morgan fingerprint density at radius 2 is 1.93 bits per heavy atom.